The van der Waals surface area contributed by atoms with E-state index in [0.29, 0.717) is 0 Å². The summed E-state index contributed by atoms with van der Waals surface area (Å²) in [6.45, 7) is 5.43. The number of benzene rings is 1. The molecule has 0 saturated heterocycles. The van der Waals surface area contributed by atoms with E-state index < -0.39 is 0 Å². The number of anilines is 1. The van der Waals surface area contributed by atoms with Gasteiger partial charge < -0.3 is 11.1 Å². The minimum Gasteiger partial charge on any atom is -0.398 e. The van der Waals surface area contributed by atoms with Crippen molar-refractivity contribution in [2.45, 2.75) is 38.8 Å². The smallest absolute Gasteiger partial charge is 0.0359 e. The molecule has 1 fully saturated rings. The van der Waals surface area contributed by atoms with Crippen molar-refractivity contribution in [3.05, 3.63) is 29.8 Å². The number of rotatable bonds is 4. The quantitative estimate of drug-likeness (QED) is 0.740. The van der Waals surface area contributed by atoms with Gasteiger partial charge in [-0.15, -0.1) is 0 Å². The van der Waals surface area contributed by atoms with Gasteiger partial charge in [-0.05, 0) is 44.2 Å². The summed E-state index contributed by atoms with van der Waals surface area (Å²) < 4.78 is 0. The number of hydrogen-bond donors (Lipinski definition) is 2. The molecule has 0 unspecified atom stereocenters. The Morgan fingerprint density at radius 3 is 2.60 bits per heavy atom. The predicted octanol–water partition coefficient (Wildman–Crippen LogP) is 2.55. The summed E-state index contributed by atoms with van der Waals surface area (Å²) >= 11 is 0. The lowest BCUT2D eigenvalue weighted by Crippen LogP contribution is -2.40. The largest absolute Gasteiger partial charge is 0.398 e. The molecule has 82 valence electrons. The fourth-order valence-corrected chi connectivity index (χ4v) is 1.97. The maximum atomic E-state index is 5.90. The standard InChI is InChI=1S/C13H20N2/c1-13(2,11-7-8-11)15-9-10-5-3-4-6-12(10)14/h3-6,11,15H,7-9,14H2,1-2H3. The van der Waals surface area contributed by atoms with Gasteiger partial charge in [0.2, 0.25) is 0 Å². The second-order valence-electron chi connectivity index (χ2n) is 5.05. The van der Waals surface area contributed by atoms with Gasteiger partial charge in [0.05, 0.1) is 0 Å². The average Bonchev–Trinajstić information content (AvgIpc) is 3.00. The lowest BCUT2D eigenvalue weighted by Gasteiger charge is -2.26. The lowest BCUT2D eigenvalue weighted by atomic mass is 9.98. The number of para-hydroxylation sites is 1. The van der Waals surface area contributed by atoms with Crippen molar-refractivity contribution in [3.8, 4) is 0 Å². The van der Waals surface area contributed by atoms with Gasteiger partial charge in [-0.25, -0.2) is 0 Å². The fourth-order valence-electron chi connectivity index (χ4n) is 1.97. The zero-order valence-corrected chi connectivity index (χ0v) is 9.59. The van der Waals surface area contributed by atoms with Crippen LogP contribution in [-0.2, 0) is 6.54 Å². The molecule has 1 aliphatic rings. The van der Waals surface area contributed by atoms with Crippen LogP contribution in [0.2, 0.25) is 0 Å². The van der Waals surface area contributed by atoms with E-state index in [2.05, 4.69) is 25.2 Å². The molecule has 0 bridgehead atoms. The van der Waals surface area contributed by atoms with Crippen LogP contribution in [0.1, 0.15) is 32.3 Å². The first-order valence-corrected chi connectivity index (χ1v) is 5.68. The summed E-state index contributed by atoms with van der Waals surface area (Å²) in [7, 11) is 0. The lowest BCUT2D eigenvalue weighted by molar-refractivity contribution is 0.340. The number of nitrogens with one attached hydrogen (secondary N) is 1. The maximum Gasteiger partial charge on any atom is 0.0359 e. The zero-order chi connectivity index (χ0) is 10.9. The van der Waals surface area contributed by atoms with Gasteiger partial charge >= 0.3 is 0 Å². The first-order valence-electron chi connectivity index (χ1n) is 5.68. The molecule has 1 aromatic rings. The summed E-state index contributed by atoms with van der Waals surface area (Å²) in [5, 5.41) is 3.60. The Morgan fingerprint density at radius 1 is 1.33 bits per heavy atom. The van der Waals surface area contributed by atoms with E-state index >= 15 is 0 Å². The first-order chi connectivity index (χ1) is 7.09. The molecule has 0 radical (unpaired) electrons. The van der Waals surface area contributed by atoms with Crippen LogP contribution in [0.5, 0.6) is 0 Å². The van der Waals surface area contributed by atoms with E-state index in [1.54, 1.807) is 0 Å². The van der Waals surface area contributed by atoms with E-state index in [1.165, 1.54) is 18.4 Å². The molecule has 2 heteroatoms. The van der Waals surface area contributed by atoms with E-state index in [9.17, 15) is 0 Å². The average molecular weight is 204 g/mol. The molecule has 1 saturated carbocycles. The fraction of sp³-hybridized carbons (Fsp3) is 0.538. The summed E-state index contributed by atoms with van der Waals surface area (Å²) in [6.07, 6.45) is 2.73. The molecule has 1 aliphatic carbocycles. The predicted molar refractivity (Wildman–Crippen MR) is 64.5 cm³/mol. The highest BCUT2D eigenvalue weighted by Gasteiger charge is 2.37. The Balaban J connectivity index is 1.95. The van der Waals surface area contributed by atoms with Gasteiger partial charge in [0.1, 0.15) is 0 Å². The minimum atomic E-state index is 0.252. The van der Waals surface area contributed by atoms with Crippen LogP contribution >= 0.6 is 0 Å². The highest BCUT2D eigenvalue weighted by Crippen LogP contribution is 2.39. The molecule has 2 rings (SSSR count). The van der Waals surface area contributed by atoms with Crippen LogP contribution in [-0.4, -0.2) is 5.54 Å². The highest BCUT2D eigenvalue weighted by atomic mass is 15.0. The van der Waals surface area contributed by atoms with Gasteiger partial charge in [-0.1, -0.05) is 18.2 Å². The molecule has 3 N–H and O–H groups in total. The second kappa shape index (κ2) is 3.86. The summed E-state index contributed by atoms with van der Waals surface area (Å²) in [5.74, 6) is 0.849. The third-order valence-corrected chi connectivity index (χ3v) is 3.39. The molecule has 15 heavy (non-hydrogen) atoms. The van der Waals surface area contributed by atoms with Crippen molar-refractivity contribution in [2.75, 3.05) is 5.73 Å². The SMILES string of the molecule is CC(C)(NCc1ccccc1N)C1CC1. The topological polar surface area (TPSA) is 38.0 Å². The van der Waals surface area contributed by atoms with E-state index in [4.69, 9.17) is 5.73 Å². The molecule has 0 spiro atoms. The van der Waals surface area contributed by atoms with Gasteiger partial charge in [0, 0.05) is 17.8 Å². The highest BCUT2D eigenvalue weighted by molar-refractivity contribution is 5.46. The van der Waals surface area contributed by atoms with Crippen molar-refractivity contribution in [2.24, 2.45) is 5.92 Å². The molecule has 1 aromatic carbocycles. The Morgan fingerprint density at radius 2 is 2.00 bits per heavy atom. The molecule has 0 aliphatic heterocycles. The van der Waals surface area contributed by atoms with Crippen LogP contribution in [0.25, 0.3) is 0 Å². The van der Waals surface area contributed by atoms with Gasteiger partial charge in [0.15, 0.2) is 0 Å². The van der Waals surface area contributed by atoms with Crippen LogP contribution in [0, 0.1) is 5.92 Å². The van der Waals surface area contributed by atoms with Crippen LogP contribution < -0.4 is 11.1 Å². The zero-order valence-electron chi connectivity index (χ0n) is 9.59. The third kappa shape index (κ3) is 2.51. The van der Waals surface area contributed by atoms with Crippen molar-refractivity contribution >= 4 is 5.69 Å². The second-order valence-corrected chi connectivity index (χ2v) is 5.05. The van der Waals surface area contributed by atoms with E-state index in [-0.39, 0.29) is 5.54 Å². The molecule has 0 heterocycles. The van der Waals surface area contributed by atoms with Crippen molar-refractivity contribution in [1.29, 1.82) is 0 Å². The Bertz CT molecular complexity index is 340. The van der Waals surface area contributed by atoms with E-state index in [0.717, 1.165) is 18.2 Å². The van der Waals surface area contributed by atoms with Crippen LogP contribution in [0.3, 0.4) is 0 Å². The molecule has 0 amide bonds. The molecule has 2 nitrogen and oxygen atoms in total. The Kier molecular flexibility index (Phi) is 2.70. The molecule has 0 aromatic heterocycles. The minimum absolute atomic E-state index is 0.252. The third-order valence-electron chi connectivity index (χ3n) is 3.39. The van der Waals surface area contributed by atoms with Crippen molar-refractivity contribution < 1.29 is 0 Å². The van der Waals surface area contributed by atoms with Gasteiger partial charge in [-0.3, -0.25) is 0 Å². The van der Waals surface area contributed by atoms with Crippen molar-refractivity contribution in [1.82, 2.24) is 5.32 Å². The Hall–Kier alpha value is -1.02. The first kappa shape index (κ1) is 10.5. The number of nitrogen functional groups attached to an aromatic ring is 1. The molecule has 0 atom stereocenters. The summed E-state index contributed by atoms with van der Waals surface area (Å²) in [6, 6.07) is 8.06. The van der Waals surface area contributed by atoms with Crippen LogP contribution in [0.4, 0.5) is 5.69 Å². The van der Waals surface area contributed by atoms with Crippen LogP contribution in [0.15, 0.2) is 24.3 Å². The summed E-state index contributed by atoms with van der Waals surface area (Å²) in [4.78, 5) is 0. The summed E-state index contributed by atoms with van der Waals surface area (Å²) in [5.41, 5.74) is 8.24. The monoisotopic (exact) mass is 204 g/mol. The van der Waals surface area contributed by atoms with Gasteiger partial charge in [0.25, 0.3) is 0 Å². The number of nitrogens with two attached hydrogens (primary N) is 1. The molecular weight excluding hydrogens is 184 g/mol. The van der Waals surface area contributed by atoms with E-state index in [1.807, 2.05) is 18.2 Å². The Labute approximate surface area is 91.9 Å². The maximum absolute atomic E-state index is 5.90. The molecular formula is C13H20N2. The normalized spacial score (nSPS) is 16.7. The van der Waals surface area contributed by atoms with Crippen molar-refractivity contribution in [3.63, 3.8) is 0 Å². The van der Waals surface area contributed by atoms with Gasteiger partial charge in [-0.2, -0.15) is 0 Å². The number of hydrogen-bond acceptors (Lipinski definition) is 2.